The maximum atomic E-state index is 11.7. The molecule has 0 atom stereocenters. The van der Waals surface area contributed by atoms with Gasteiger partial charge in [0.25, 0.3) is 0 Å². The predicted molar refractivity (Wildman–Crippen MR) is 107 cm³/mol. The summed E-state index contributed by atoms with van der Waals surface area (Å²) in [6.45, 7) is 4.32. The molecule has 0 saturated carbocycles. The van der Waals surface area contributed by atoms with E-state index in [-0.39, 0.29) is 19.0 Å². The Labute approximate surface area is 166 Å². The molecule has 0 aromatic heterocycles. The Hall–Kier alpha value is -2.54. The number of hydrogen-bond donors (Lipinski definition) is 1. The molecule has 0 spiro atoms. The summed E-state index contributed by atoms with van der Waals surface area (Å²) in [5.74, 6) is 0.651. The zero-order chi connectivity index (χ0) is 19.6. The molecule has 1 N–H and O–H groups in total. The molecule has 2 aromatic rings. The smallest absolute Gasteiger partial charge is 0.344 e. The Morgan fingerprint density at radius 1 is 1.19 bits per heavy atom. The molecule has 0 radical (unpaired) electrons. The highest BCUT2D eigenvalue weighted by Gasteiger charge is 2.14. The molecule has 144 valence electrons. The van der Waals surface area contributed by atoms with Gasteiger partial charge in [-0.3, -0.25) is 4.99 Å². The largest absolute Gasteiger partial charge is 0.508 e. The van der Waals surface area contributed by atoms with Crippen molar-refractivity contribution < 1.29 is 24.1 Å². The van der Waals surface area contributed by atoms with E-state index in [1.165, 1.54) is 0 Å². The van der Waals surface area contributed by atoms with Crippen LogP contribution in [0, 0.1) is 0 Å². The number of carbonyl (C=O) groups is 1. The first-order valence-electron chi connectivity index (χ1n) is 8.61. The number of carbonyl (C=O) groups excluding carboxylic acids is 1. The van der Waals surface area contributed by atoms with Crippen molar-refractivity contribution in [3.05, 3.63) is 46.4 Å². The summed E-state index contributed by atoms with van der Waals surface area (Å²) in [6, 6.07) is 10.1. The van der Waals surface area contributed by atoms with Gasteiger partial charge >= 0.3 is 5.97 Å². The first-order valence-corrected chi connectivity index (χ1v) is 9.40. The van der Waals surface area contributed by atoms with E-state index in [1.807, 2.05) is 13.0 Å². The average Bonchev–Trinajstić information content (AvgIpc) is 2.65. The number of aromatic hydroxyl groups is 1. The molecule has 7 heteroatoms. The summed E-state index contributed by atoms with van der Waals surface area (Å²) < 4.78 is 17.2. The number of ether oxygens (including phenoxy) is 3. The van der Waals surface area contributed by atoms with Gasteiger partial charge in [0.15, 0.2) is 18.1 Å². The first-order chi connectivity index (χ1) is 13.0. The lowest BCUT2D eigenvalue weighted by atomic mass is 10.2. The quantitative estimate of drug-likeness (QED) is 0.458. The summed E-state index contributed by atoms with van der Waals surface area (Å²) in [5.41, 5.74) is 1.31. The minimum Gasteiger partial charge on any atom is -0.508 e. The lowest BCUT2D eigenvalue weighted by molar-refractivity contribution is -0.145. The summed E-state index contributed by atoms with van der Waals surface area (Å²) in [5, 5.41) is 9.37. The minimum atomic E-state index is -0.455. The monoisotopic (exact) mass is 435 g/mol. The second kappa shape index (κ2) is 10.6. The van der Waals surface area contributed by atoms with Gasteiger partial charge in [-0.1, -0.05) is 22.9 Å². The summed E-state index contributed by atoms with van der Waals surface area (Å²) in [4.78, 5) is 16.1. The van der Waals surface area contributed by atoms with E-state index in [0.717, 1.165) is 10.9 Å². The van der Waals surface area contributed by atoms with Crippen LogP contribution in [0.15, 0.2) is 45.9 Å². The van der Waals surface area contributed by atoms with Crippen LogP contribution in [-0.4, -0.2) is 37.1 Å². The summed E-state index contributed by atoms with van der Waals surface area (Å²) in [7, 11) is 0. The molecule has 0 fully saturated rings. The molecule has 0 amide bonds. The van der Waals surface area contributed by atoms with Crippen molar-refractivity contribution in [1.29, 1.82) is 0 Å². The Bertz CT molecular complexity index is 790. The van der Waals surface area contributed by atoms with Gasteiger partial charge in [0.1, 0.15) is 5.75 Å². The Kier molecular flexibility index (Phi) is 8.13. The number of rotatable bonds is 9. The molecule has 0 aliphatic heterocycles. The van der Waals surface area contributed by atoms with E-state index < -0.39 is 5.97 Å². The lowest BCUT2D eigenvalue weighted by Gasteiger charge is -2.15. The Morgan fingerprint density at radius 3 is 2.59 bits per heavy atom. The van der Waals surface area contributed by atoms with Crippen LogP contribution in [0.25, 0.3) is 0 Å². The molecule has 0 unspecified atom stereocenters. The van der Waals surface area contributed by atoms with Gasteiger partial charge in [0, 0.05) is 16.3 Å². The maximum absolute atomic E-state index is 11.7. The van der Waals surface area contributed by atoms with Crippen LogP contribution in [0.3, 0.4) is 0 Å². The van der Waals surface area contributed by atoms with Gasteiger partial charge in [0.2, 0.25) is 0 Å². The number of aliphatic imine (C=N–C) groups is 1. The van der Waals surface area contributed by atoms with Crippen LogP contribution >= 0.6 is 15.9 Å². The molecule has 0 saturated heterocycles. The average molecular weight is 436 g/mol. The van der Waals surface area contributed by atoms with E-state index in [4.69, 9.17) is 14.2 Å². The highest BCUT2D eigenvalue weighted by atomic mass is 79.9. The fourth-order valence-electron chi connectivity index (χ4n) is 2.17. The van der Waals surface area contributed by atoms with Crippen molar-refractivity contribution in [3.8, 4) is 17.2 Å². The van der Waals surface area contributed by atoms with E-state index in [2.05, 4.69) is 20.9 Å². The first kappa shape index (κ1) is 20.8. The molecule has 27 heavy (non-hydrogen) atoms. The van der Waals surface area contributed by atoms with Crippen LogP contribution < -0.4 is 9.47 Å². The number of phenols is 1. The SMILES string of the molecule is CCCOc1cc(Br)cc(C=Nc2ccc(O)cc2)c1OCC(=O)OCC. The van der Waals surface area contributed by atoms with Crippen LogP contribution in [0.5, 0.6) is 17.2 Å². The van der Waals surface area contributed by atoms with Gasteiger partial charge in [-0.15, -0.1) is 0 Å². The normalized spacial score (nSPS) is 10.8. The maximum Gasteiger partial charge on any atom is 0.344 e. The number of nitrogens with zero attached hydrogens (tertiary/aromatic N) is 1. The molecule has 0 heterocycles. The van der Waals surface area contributed by atoms with Gasteiger partial charge in [-0.2, -0.15) is 0 Å². The zero-order valence-electron chi connectivity index (χ0n) is 15.3. The van der Waals surface area contributed by atoms with Crippen LogP contribution in [0.2, 0.25) is 0 Å². The lowest BCUT2D eigenvalue weighted by Crippen LogP contribution is -2.16. The molecular formula is C20H22BrNO5. The number of benzene rings is 2. The van der Waals surface area contributed by atoms with Crippen molar-refractivity contribution in [3.63, 3.8) is 0 Å². The number of hydrogen-bond acceptors (Lipinski definition) is 6. The van der Waals surface area contributed by atoms with E-state index in [0.29, 0.717) is 29.4 Å². The van der Waals surface area contributed by atoms with Crippen molar-refractivity contribution in [1.82, 2.24) is 0 Å². The highest BCUT2D eigenvalue weighted by molar-refractivity contribution is 9.10. The van der Waals surface area contributed by atoms with Crippen LogP contribution in [0.4, 0.5) is 5.69 Å². The predicted octanol–water partition coefficient (Wildman–Crippen LogP) is 4.64. The summed E-state index contributed by atoms with van der Waals surface area (Å²) in [6.07, 6.45) is 2.46. The third-order valence-corrected chi connectivity index (χ3v) is 3.81. The number of phenolic OH excluding ortho intramolecular Hbond substituents is 1. The fourth-order valence-corrected chi connectivity index (χ4v) is 2.63. The van der Waals surface area contributed by atoms with Crippen LogP contribution in [-0.2, 0) is 9.53 Å². The minimum absolute atomic E-state index is 0.171. The third-order valence-electron chi connectivity index (χ3n) is 3.35. The second-order valence-electron chi connectivity index (χ2n) is 5.54. The molecular weight excluding hydrogens is 414 g/mol. The van der Waals surface area contributed by atoms with Gasteiger partial charge < -0.3 is 19.3 Å². The molecule has 0 aliphatic carbocycles. The number of esters is 1. The highest BCUT2D eigenvalue weighted by Crippen LogP contribution is 2.35. The Balaban J connectivity index is 2.32. The second-order valence-corrected chi connectivity index (χ2v) is 6.45. The van der Waals surface area contributed by atoms with E-state index in [1.54, 1.807) is 43.5 Å². The van der Waals surface area contributed by atoms with Gasteiger partial charge in [-0.25, -0.2) is 4.79 Å². The van der Waals surface area contributed by atoms with Crippen molar-refractivity contribution in [2.24, 2.45) is 4.99 Å². The number of halogens is 1. The zero-order valence-corrected chi connectivity index (χ0v) is 16.9. The van der Waals surface area contributed by atoms with Crippen molar-refractivity contribution in [2.45, 2.75) is 20.3 Å². The topological polar surface area (TPSA) is 77.4 Å². The molecule has 0 bridgehead atoms. The van der Waals surface area contributed by atoms with Crippen molar-refractivity contribution >= 4 is 33.8 Å². The van der Waals surface area contributed by atoms with Crippen molar-refractivity contribution in [2.75, 3.05) is 19.8 Å². The van der Waals surface area contributed by atoms with Gasteiger partial charge in [0.05, 0.1) is 18.9 Å². The fraction of sp³-hybridized carbons (Fsp3) is 0.300. The van der Waals surface area contributed by atoms with Gasteiger partial charge in [-0.05, 0) is 49.7 Å². The summed E-state index contributed by atoms with van der Waals surface area (Å²) >= 11 is 3.46. The third kappa shape index (κ3) is 6.60. The van der Waals surface area contributed by atoms with E-state index >= 15 is 0 Å². The molecule has 2 rings (SSSR count). The molecule has 6 nitrogen and oxygen atoms in total. The Morgan fingerprint density at radius 2 is 1.93 bits per heavy atom. The van der Waals surface area contributed by atoms with Crippen LogP contribution in [0.1, 0.15) is 25.8 Å². The van der Waals surface area contributed by atoms with E-state index in [9.17, 15) is 9.90 Å². The standard InChI is InChI=1S/C20H22BrNO5/c1-3-9-26-18-11-15(21)10-14(20(18)27-13-19(24)25-4-2)12-22-16-5-7-17(23)8-6-16/h5-8,10-12,23H,3-4,9,13H2,1-2H3. The molecule has 2 aromatic carbocycles. The molecule has 0 aliphatic rings.